The van der Waals surface area contributed by atoms with Crippen LogP contribution in [0.3, 0.4) is 0 Å². The van der Waals surface area contributed by atoms with E-state index in [1.165, 1.54) is 0 Å². The first-order chi connectivity index (χ1) is 8.99. The number of esters is 2. The average molecular weight is 274 g/mol. The molecular weight excluding hydrogens is 252 g/mol. The lowest BCUT2D eigenvalue weighted by atomic mass is 10.3. The van der Waals surface area contributed by atoms with Crippen molar-refractivity contribution in [2.24, 2.45) is 0 Å². The van der Waals surface area contributed by atoms with Crippen molar-refractivity contribution in [2.75, 3.05) is 26.4 Å². The van der Waals surface area contributed by atoms with E-state index in [-0.39, 0.29) is 25.8 Å². The molecule has 0 aromatic rings. The number of hydrogen-bond donors (Lipinski definition) is 2. The van der Waals surface area contributed by atoms with Crippen LogP contribution in [0.4, 0.5) is 0 Å². The summed E-state index contributed by atoms with van der Waals surface area (Å²) in [7, 11) is 0. The summed E-state index contributed by atoms with van der Waals surface area (Å²) >= 11 is 0. The van der Waals surface area contributed by atoms with E-state index < -0.39 is 5.97 Å². The number of carbonyl (C=O) groups excluding carboxylic acids is 2. The van der Waals surface area contributed by atoms with Crippen LogP contribution in [0.1, 0.15) is 19.8 Å². The first kappa shape index (κ1) is 19.7. The summed E-state index contributed by atoms with van der Waals surface area (Å²) in [6.07, 6.45) is 2.43. The van der Waals surface area contributed by atoms with Crippen LogP contribution in [0, 0.1) is 0 Å². The molecule has 0 unspecified atom stereocenters. The molecule has 0 spiro atoms. The van der Waals surface area contributed by atoms with E-state index >= 15 is 0 Å². The molecular formula is C13H22O6. The molecule has 0 atom stereocenters. The number of hydrogen-bond acceptors (Lipinski definition) is 6. The molecule has 0 aliphatic rings. The molecule has 6 heteroatoms. The summed E-state index contributed by atoms with van der Waals surface area (Å²) in [5.74, 6) is -0.859. The zero-order chi connectivity index (χ0) is 15.1. The van der Waals surface area contributed by atoms with E-state index in [0.717, 1.165) is 6.08 Å². The highest BCUT2D eigenvalue weighted by Gasteiger charge is 2.00. The van der Waals surface area contributed by atoms with Gasteiger partial charge in [-0.25, -0.2) is 9.59 Å². The quantitative estimate of drug-likeness (QED) is 0.382. The molecule has 0 saturated carbocycles. The van der Waals surface area contributed by atoms with Gasteiger partial charge in [-0.1, -0.05) is 13.2 Å². The Balaban J connectivity index is 0. The molecule has 0 aliphatic heterocycles. The van der Waals surface area contributed by atoms with Gasteiger partial charge in [0.15, 0.2) is 0 Å². The monoisotopic (exact) mass is 274 g/mol. The van der Waals surface area contributed by atoms with E-state index in [0.29, 0.717) is 25.0 Å². The summed E-state index contributed by atoms with van der Waals surface area (Å²) < 4.78 is 9.09. The number of carbonyl (C=O) groups is 2. The van der Waals surface area contributed by atoms with Gasteiger partial charge in [-0.2, -0.15) is 0 Å². The van der Waals surface area contributed by atoms with E-state index in [4.69, 9.17) is 14.9 Å². The van der Waals surface area contributed by atoms with Crippen LogP contribution >= 0.6 is 0 Å². The highest BCUT2D eigenvalue weighted by atomic mass is 16.5. The fourth-order valence-electron chi connectivity index (χ4n) is 0.707. The summed E-state index contributed by atoms with van der Waals surface area (Å²) in [6, 6.07) is 0. The maximum atomic E-state index is 10.7. The van der Waals surface area contributed by atoms with Gasteiger partial charge in [0.25, 0.3) is 0 Å². The molecule has 0 radical (unpaired) electrons. The van der Waals surface area contributed by atoms with E-state index in [1.54, 1.807) is 6.92 Å². The summed E-state index contributed by atoms with van der Waals surface area (Å²) in [4.78, 5) is 20.8. The van der Waals surface area contributed by atoms with Crippen molar-refractivity contribution in [2.45, 2.75) is 19.8 Å². The highest BCUT2D eigenvalue weighted by molar-refractivity contribution is 5.86. The van der Waals surface area contributed by atoms with Crippen LogP contribution in [-0.4, -0.2) is 48.6 Å². The molecule has 2 N–H and O–H groups in total. The Kier molecular flexibility index (Phi) is 14.9. The molecule has 6 nitrogen and oxygen atoms in total. The Morgan fingerprint density at radius 1 is 1.11 bits per heavy atom. The van der Waals surface area contributed by atoms with Gasteiger partial charge in [-0.15, -0.1) is 0 Å². The fourth-order valence-corrected chi connectivity index (χ4v) is 0.707. The topological polar surface area (TPSA) is 93.1 Å². The lowest BCUT2D eigenvalue weighted by Gasteiger charge is -2.01. The fraction of sp³-hybridized carbons (Fsp3) is 0.538. The van der Waals surface area contributed by atoms with Gasteiger partial charge in [-0.05, 0) is 19.8 Å². The Morgan fingerprint density at radius 3 is 2.16 bits per heavy atom. The normalized spacial score (nSPS) is 8.79. The van der Waals surface area contributed by atoms with Crippen molar-refractivity contribution in [3.05, 3.63) is 24.8 Å². The second kappa shape index (κ2) is 14.4. The lowest BCUT2D eigenvalue weighted by Crippen LogP contribution is -2.06. The molecule has 110 valence electrons. The van der Waals surface area contributed by atoms with Gasteiger partial charge in [0.2, 0.25) is 0 Å². The molecule has 0 aromatic carbocycles. The Bertz CT molecular complexity index is 285. The SMILES string of the molecule is C=C(C)C(=O)OCCCCO.C=CC(=O)OCCO. The van der Waals surface area contributed by atoms with Crippen LogP contribution in [-0.2, 0) is 19.1 Å². The molecule has 0 aromatic heterocycles. The van der Waals surface area contributed by atoms with Gasteiger partial charge in [0, 0.05) is 18.3 Å². The standard InChI is InChI=1S/C8H14O3.C5H8O3/c1-7(2)8(10)11-6-4-3-5-9;1-2-5(7)8-4-3-6/h9H,1,3-6H2,2H3;2,6H,1,3-4H2. The van der Waals surface area contributed by atoms with Crippen molar-refractivity contribution in [1.29, 1.82) is 0 Å². The Morgan fingerprint density at radius 2 is 1.74 bits per heavy atom. The highest BCUT2D eigenvalue weighted by Crippen LogP contribution is 1.94. The molecule has 0 amide bonds. The smallest absolute Gasteiger partial charge is 0.333 e. The lowest BCUT2D eigenvalue weighted by molar-refractivity contribution is -0.139. The number of unbranched alkanes of at least 4 members (excludes halogenated alkanes) is 1. The zero-order valence-electron chi connectivity index (χ0n) is 11.3. The Hall–Kier alpha value is -1.66. The second-order valence-electron chi connectivity index (χ2n) is 3.44. The average Bonchev–Trinajstić information content (AvgIpc) is 2.41. The van der Waals surface area contributed by atoms with Crippen LogP contribution in [0.15, 0.2) is 24.8 Å². The van der Waals surface area contributed by atoms with Crippen molar-refractivity contribution in [3.63, 3.8) is 0 Å². The largest absolute Gasteiger partial charge is 0.462 e. The van der Waals surface area contributed by atoms with Crippen LogP contribution in [0.2, 0.25) is 0 Å². The van der Waals surface area contributed by atoms with Crippen LogP contribution in [0.25, 0.3) is 0 Å². The van der Waals surface area contributed by atoms with Gasteiger partial charge in [-0.3, -0.25) is 0 Å². The first-order valence-corrected chi connectivity index (χ1v) is 5.83. The number of aliphatic hydroxyl groups excluding tert-OH is 2. The molecule has 0 saturated heterocycles. The minimum absolute atomic E-state index is 0.0465. The van der Waals surface area contributed by atoms with E-state index in [2.05, 4.69) is 17.9 Å². The minimum Gasteiger partial charge on any atom is -0.462 e. The van der Waals surface area contributed by atoms with Crippen molar-refractivity contribution in [1.82, 2.24) is 0 Å². The third-order valence-electron chi connectivity index (χ3n) is 1.64. The third kappa shape index (κ3) is 16.3. The summed E-state index contributed by atoms with van der Waals surface area (Å²) in [6.45, 7) is 8.61. The molecule has 0 fully saturated rings. The van der Waals surface area contributed by atoms with Gasteiger partial charge in [0.05, 0.1) is 13.2 Å². The van der Waals surface area contributed by atoms with Crippen LogP contribution in [0.5, 0.6) is 0 Å². The number of rotatable bonds is 8. The summed E-state index contributed by atoms with van der Waals surface area (Å²) in [5, 5.41) is 16.5. The van der Waals surface area contributed by atoms with Gasteiger partial charge < -0.3 is 19.7 Å². The maximum Gasteiger partial charge on any atom is 0.333 e. The van der Waals surface area contributed by atoms with Gasteiger partial charge in [0.1, 0.15) is 6.61 Å². The Labute approximate surface area is 113 Å². The van der Waals surface area contributed by atoms with Crippen molar-refractivity contribution >= 4 is 11.9 Å². The predicted octanol–water partition coefficient (Wildman–Crippen LogP) is 0.586. The third-order valence-corrected chi connectivity index (χ3v) is 1.64. The molecule has 0 aliphatic carbocycles. The van der Waals surface area contributed by atoms with Crippen LogP contribution < -0.4 is 0 Å². The zero-order valence-corrected chi connectivity index (χ0v) is 11.3. The van der Waals surface area contributed by atoms with Gasteiger partial charge >= 0.3 is 11.9 Å². The molecule has 0 rings (SSSR count). The molecule has 0 heterocycles. The number of ether oxygens (including phenoxy) is 2. The van der Waals surface area contributed by atoms with Crippen molar-refractivity contribution < 1.29 is 29.3 Å². The summed E-state index contributed by atoms with van der Waals surface area (Å²) in [5.41, 5.74) is 0.411. The maximum absolute atomic E-state index is 10.7. The first-order valence-electron chi connectivity index (χ1n) is 5.83. The molecule has 19 heavy (non-hydrogen) atoms. The predicted molar refractivity (Wildman–Crippen MR) is 70.3 cm³/mol. The second-order valence-corrected chi connectivity index (χ2v) is 3.44. The molecule has 0 bridgehead atoms. The van der Waals surface area contributed by atoms with E-state index in [1.807, 2.05) is 0 Å². The van der Waals surface area contributed by atoms with E-state index in [9.17, 15) is 9.59 Å². The minimum atomic E-state index is -0.501. The number of aliphatic hydroxyl groups is 2. The van der Waals surface area contributed by atoms with Crippen molar-refractivity contribution in [3.8, 4) is 0 Å².